The number of benzene rings is 1. The summed E-state index contributed by atoms with van der Waals surface area (Å²) in [7, 11) is 0. The summed E-state index contributed by atoms with van der Waals surface area (Å²) in [4.78, 5) is 0. The normalized spacial score (nSPS) is 10.4. The van der Waals surface area contributed by atoms with E-state index in [-0.39, 0.29) is 5.84 Å². The highest BCUT2D eigenvalue weighted by Gasteiger charge is 2.08. The van der Waals surface area contributed by atoms with Gasteiger partial charge in [0.1, 0.15) is 5.84 Å². The third-order valence-corrected chi connectivity index (χ3v) is 2.71. The lowest BCUT2D eigenvalue weighted by atomic mass is 10.1. The molecule has 1 heterocycles. The van der Waals surface area contributed by atoms with Gasteiger partial charge in [0.25, 0.3) is 0 Å². The predicted octanol–water partition coefficient (Wildman–Crippen LogP) is 2.23. The number of nitrogens with two attached hydrogens (primary N) is 1. The number of hydrogen-bond acceptors (Lipinski definition) is 2. The summed E-state index contributed by atoms with van der Waals surface area (Å²) in [6.07, 6.45) is 1.85. The Labute approximate surface area is 102 Å². The largest absolute Gasteiger partial charge is 0.384 e. The summed E-state index contributed by atoms with van der Waals surface area (Å²) < 4.78 is 2.65. The van der Waals surface area contributed by atoms with Gasteiger partial charge in [0.05, 0.1) is 11.4 Å². The van der Waals surface area contributed by atoms with Crippen molar-refractivity contribution in [3.05, 3.63) is 46.2 Å². The zero-order valence-electron chi connectivity index (χ0n) is 8.74. The zero-order valence-corrected chi connectivity index (χ0v) is 10.3. The van der Waals surface area contributed by atoms with Gasteiger partial charge in [-0.25, -0.2) is 4.68 Å². The molecule has 82 valence electrons. The SMILES string of the molecule is Cc1ccn(-c2cc(Br)ccc2C(=N)N)n1. The van der Waals surface area contributed by atoms with Crippen LogP contribution in [-0.4, -0.2) is 15.6 Å². The average molecular weight is 279 g/mol. The molecular formula is C11H11BrN4. The number of nitrogens with zero attached hydrogens (tertiary/aromatic N) is 2. The molecule has 2 rings (SSSR count). The van der Waals surface area contributed by atoms with Crippen molar-refractivity contribution in [2.45, 2.75) is 6.92 Å². The average Bonchev–Trinajstić information content (AvgIpc) is 2.64. The lowest BCUT2D eigenvalue weighted by Gasteiger charge is -2.08. The Hall–Kier alpha value is -1.62. The van der Waals surface area contributed by atoms with Crippen molar-refractivity contribution in [1.82, 2.24) is 9.78 Å². The monoisotopic (exact) mass is 278 g/mol. The molecule has 0 unspecified atom stereocenters. The lowest BCUT2D eigenvalue weighted by Crippen LogP contribution is -2.15. The number of hydrogen-bond donors (Lipinski definition) is 2. The van der Waals surface area contributed by atoms with Crippen LogP contribution >= 0.6 is 15.9 Å². The summed E-state index contributed by atoms with van der Waals surface area (Å²) >= 11 is 3.40. The standard InChI is InChI=1S/C11H11BrN4/c1-7-4-5-16(15-7)10-6-8(12)2-3-9(10)11(13)14/h2-6H,1H3,(H3,13,14). The Bertz CT molecular complexity index is 545. The van der Waals surface area contributed by atoms with E-state index in [0.717, 1.165) is 15.9 Å². The molecule has 0 aliphatic carbocycles. The predicted molar refractivity (Wildman–Crippen MR) is 67.0 cm³/mol. The van der Waals surface area contributed by atoms with E-state index in [9.17, 15) is 0 Å². The fourth-order valence-corrected chi connectivity index (χ4v) is 1.82. The van der Waals surface area contributed by atoms with Crippen LogP contribution in [0.2, 0.25) is 0 Å². The molecule has 4 nitrogen and oxygen atoms in total. The van der Waals surface area contributed by atoms with Crippen LogP contribution < -0.4 is 5.73 Å². The number of rotatable bonds is 2. The topological polar surface area (TPSA) is 67.7 Å². The molecule has 0 atom stereocenters. The van der Waals surface area contributed by atoms with Crippen molar-refractivity contribution in [2.24, 2.45) is 5.73 Å². The highest BCUT2D eigenvalue weighted by Crippen LogP contribution is 2.19. The maximum absolute atomic E-state index is 7.52. The van der Waals surface area contributed by atoms with E-state index in [2.05, 4.69) is 21.0 Å². The van der Waals surface area contributed by atoms with Gasteiger partial charge in [-0.3, -0.25) is 5.41 Å². The molecule has 0 fully saturated rings. The molecule has 0 spiro atoms. The van der Waals surface area contributed by atoms with Gasteiger partial charge in [-0.1, -0.05) is 15.9 Å². The first kappa shape index (κ1) is 10.9. The Balaban J connectivity index is 2.62. The van der Waals surface area contributed by atoms with Crippen LogP contribution in [0.15, 0.2) is 34.9 Å². The minimum atomic E-state index is 0.0376. The maximum Gasteiger partial charge on any atom is 0.124 e. The first-order valence-corrected chi connectivity index (χ1v) is 5.54. The molecule has 1 aromatic carbocycles. The Morgan fingerprint density at radius 3 is 2.75 bits per heavy atom. The van der Waals surface area contributed by atoms with E-state index in [1.165, 1.54) is 0 Å². The van der Waals surface area contributed by atoms with Gasteiger partial charge in [-0.2, -0.15) is 5.10 Å². The van der Waals surface area contributed by atoms with Crippen molar-refractivity contribution in [3.63, 3.8) is 0 Å². The first-order chi connectivity index (χ1) is 7.58. The fraction of sp³-hybridized carbons (Fsp3) is 0.0909. The van der Waals surface area contributed by atoms with Crippen molar-refractivity contribution in [1.29, 1.82) is 5.41 Å². The van der Waals surface area contributed by atoms with Crippen molar-refractivity contribution in [2.75, 3.05) is 0 Å². The van der Waals surface area contributed by atoms with Crippen LogP contribution in [0.5, 0.6) is 0 Å². The zero-order chi connectivity index (χ0) is 11.7. The molecule has 0 saturated carbocycles. The third-order valence-electron chi connectivity index (χ3n) is 2.22. The number of halogens is 1. The van der Waals surface area contributed by atoms with E-state index < -0.39 is 0 Å². The molecule has 0 saturated heterocycles. The van der Waals surface area contributed by atoms with Crippen molar-refractivity contribution in [3.8, 4) is 5.69 Å². The van der Waals surface area contributed by atoms with Gasteiger partial charge >= 0.3 is 0 Å². The third kappa shape index (κ3) is 1.99. The smallest absolute Gasteiger partial charge is 0.124 e. The molecule has 2 aromatic rings. The van der Waals surface area contributed by atoms with Gasteiger partial charge in [-0.05, 0) is 31.2 Å². The Morgan fingerprint density at radius 1 is 1.44 bits per heavy atom. The molecule has 0 aliphatic heterocycles. The van der Waals surface area contributed by atoms with Crippen LogP contribution in [0, 0.1) is 12.3 Å². The summed E-state index contributed by atoms with van der Waals surface area (Å²) in [5.41, 5.74) is 7.93. The highest BCUT2D eigenvalue weighted by atomic mass is 79.9. The van der Waals surface area contributed by atoms with Gasteiger partial charge < -0.3 is 5.73 Å². The van der Waals surface area contributed by atoms with Crippen LogP contribution in [0.3, 0.4) is 0 Å². The van der Waals surface area contributed by atoms with Crippen molar-refractivity contribution >= 4 is 21.8 Å². The number of aryl methyl sites for hydroxylation is 1. The van der Waals surface area contributed by atoms with E-state index >= 15 is 0 Å². The number of amidine groups is 1. The van der Waals surface area contributed by atoms with Gasteiger partial charge in [0, 0.05) is 16.2 Å². The summed E-state index contributed by atoms with van der Waals surface area (Å²) in [6.45, 7) is 1.92. The Kier molecular flexibility index (Phi) is 2.78. The molecule has 0 amide bonds. The van der Waals surface area contributed by atoms with Crippen molar-refractivity contribution < 1.29 is 0 Å². The van der Waals surface area contributed by atoms with Crippen LogP contribution in [0.25, 0.3) is 5.69 Å². The summed E-state index contributed by atoms with van der Waals surface area (Å²) in [5.74, 6) is 0.0376. The van der Waals surface area contributed by atoms with Crippen LogP contribution in [-0.2, 0) is 0 Å². The highest BCUT2D eigenvalue weighted by molar-refractivity contribution is 9.10. The summed E-state index contributed by atoms with van der Waals surface area (Å²) in [6, 6.07) is 7.46. The molecule has 16 heavy (non-hydrogen) atoms. The molecule has 3 N–H and O–H groups in total. The first-order valence-electron chi connectivity index (χ1n) is 4.74. The van der Waals surface area contributed by atoms with Gasteiger partial charge in [-0.15, -0.1) is 0 Å². The van der Waals surface area contributed by atoms with E-state index in [1.807, 2.05) is 31.3 Å². The number of nitrogens with one attached hydrogen (secondary N) is 1. The Morgan fingerprint density at radius 2 is 2.19 bits per heavy atom. The molecular weight excluding hydrogens is 268 g/mol. The van der Waals surface area contributed by atoms with Gasteiger partial charge in [0.2, 0.25) is 0 Å². The summed E-state index contributed by atoms with van der Waals surface area (Å²) in [5, 5.41) is 11.8. The molecule has 0 bridgehead atoms. The fourth-order valence-electron chi connectivity index (χ4n) is 1.47. The van der Waals surface area contributed by atoms with E-state index in [1.54, 1.807) is 10.7 Å². The molecule has 0 aliphatic rings. The van der Waals surface area contributed by atoms with Gasteiger partial charge in [0.15, 0.2) is 0 Å². The molecule has 1 aromatic heterocycles. The second kappa shape index (κ2) is 4.09. The lowest BCUT2D eigenvalue weighted by molar-refractivity contribution is 0.859. The van der Waals surface area contributed by atoms with E-state index in [0.29, 0.717) is 5.56 Å². The van der Waals surface area contributed by atoms with Crippen LogP contribution in [0.1, 0.15) is 11.3 Å². The van der Waals surface area contributed by atoms with E-state index in [4.69, 9.17) is 11.1 Å². The second-order valence-electron chi connectivity index (χ2n) is 3.48. The minimum absolute atomic E-state index is 0.0376. The quantitative estimate of drug-likeness (QED) is 0.653. The second-order valence-corrected chi connectivity index (χ2v) is 4.39. The maximum atomic E-state index is 7.52. The molecule has 5 heteroatoms. The number of nitrogen functional groups attached to an aromatic ring is 1. The van der Waals surface area contributed by atoms with Crippen LogP contribution in [0.4, 0.5) is 0 Å². The minimum Gasteiger partial charge on any atom is -0.384 e. The molecule has 0 radical (unpaired) electrons. The number of aromatic nitrogens is 2.